The number of carbonyl (C=O) groups is 2. The number of aliphatic carboxylic acids is 1. The smallest absolute Gasteiger partial charge is 0.308 e. The van der Waals surface area contributed by atoms with Gasteiger partial charge in [0.1, 0.15) is 0 Å². The van der Waals surface area contributed by atoms with Crippen molar-refractivity contribution in [2.45, 2.75) is 6.92 Å². The summed E-state index contributed by atoms with van der Waals surface area (Å²) in [5.74, 6) is -1.58. The van der Waals surface area contributed by atoms with Crippen molar-refractivity contribution in [2.75, 3.05) is 13.1 Å². The van der Waals surface area contributed by atoms with Gasteiger partial charge in [-0.05, 0) is 17.5 Å². The largest absolute Gasteiger partial charge is 0.481 e. The Morgan fingerprint density at radius 1 is 1.56 bits per heavy atom. The van der Waals surface area contributed by atoms with Gasteiger partial charge in [-0.1, -0.05) is 11.4 Å². The summed E-state index contributed by atoms with van der Waals surface area (Å²) in [5.41, 5.74) is 0.295. The third-order valence-electron chi connectivity index (χ3n) is 2.80. The fraction of sp³-hybridized carbons (Fsp3) is 0.556. The molecule has 2 heterocycles. The second kappa shape index (κ2) is 4.17. The second-order valence-corrected chi connectivity index (χ2v) is 4.53. The van der Waals surface area contributed by atoms with Gasteiger partial charge in [0, 0.05) is 18.5 Å². The molecule has 1 aliphatic rings. The minimum absolute atomic E-state index is 0.0203. The van der Waals surface area contributed by atoms with E-state index in [9.17, 15) is 9.59 Å². The van der Waals surface area contributed by atoms with E-state index < -0.39 is 11.9 Å². The van der Waals surface area contributed by atoms with Crippen LogP contribution in [-0.2, 0) is 4.79 Å². The molecular formula is C9H11N3O3S. The predicted molar refractivity (Wildman–Crippen MR) is 56.1 cm³/mol. The summed E-state index contributed by atoms with van der Waals surface area (Å²) in [4.78, 5) is 24.3. The molecule has 0 spiro atoms. The molecule has 2 atom stereocenters. The lowest BCUT2D eigenvalue weighted by Gasteiger charge is -2.13. The Hall–Kier alpha value is -1.50. The van der Waals surface area contributed by atoms with Crippen molar-refractivity contribution in [2.24, 2.45) is 11.8 Å². The van der Waals surface area contributed by atoms with Crippen LogP contribution in [0.1, 0.15) is 17.4 Å². The molecule has 1 fully saturated rings. The molecule has 0 radical (unpaired) electrons. The van der Waals surface area contributed by atoms with Gasteiger partial charge in [-0.2, -0.15) is 0 Å². The number of hydrogen-bond acceptors (Lipinski definition) is 5. The minimum Gasteiger partial charge on any atom is -0.481 e. The molecule has 86 valence electrons. The number of likely N-dealkylation sites (tertiary alicyclic amines) is 1. The quantitative estimate of drug-likeness (QED) is 0.806. The Bertz CT molecular complexity index is 406. The highest BCUT2D eigenvalue weighted by Gasteiger charge is 2.37. The van der Waals surface area contributed by atoms with Crippen molar-refractivity contribution in [1.82, 2.24) is 14.5 Å². The maximum absolute atomic E-state index is 11.9. The topological polar surface area (TPSA) is 83.4 Å². The van der Waals surface area contributed by atoms with Crippen molar-refractivity contribution >= 4 is 23.4 Å². The Morgan fingerprint density at radius 3 is 2.81 bits per heavy atom. The summed E-state index contributed by atoms with van der Waals surface area (Å²) in [7, 11) is 0. The molecule has 6 nitrogen and oxygen atoms in total. The van der Waals surface area contributed by atoms with Crippen LogP contribution in [0, 0.1) is 11.8 Å². The summed E-state index contributed by atoms with van der Waals surface area (Å²) < 4.78 is 3.62. The first kappa shape index (κ1) is 11.0. The third-order valence-corrected chi connectivity index (χ3v) is 3.30. The fourth-order valence-electron chi connectivity index (χ4n) is 1.87. The van der Waals surface area contributed by atoms with E-state index in [4.69, 9.17) is 5.11 Å². The van der Waals surface area contributed by atoms with Crippen LogP contribution in [-0.4, -0.2) is 44.6 Å². The molecule has 1 N–H and O–H groups in total. The van der Waals surface area contributed by atoms with Gasteiger partial charge in [-0.25, -0.2) is 0 Å². The third kappa shape index (κ3) is 1.90. The number of hydrogen-bond donors (Lipinski definition) is 1. The van der Waals surface area contributed by atoms with Crippen LogP contribution in [0.4, 0.5) is 0 Å². The lowest BCUT2D eigenvalue weighted by Crippen LogP contribution is -2.30. The van der Waals surface area contributed by atoms with E-state index in [2.05, 4.69) is 9.59 Å². The highest BCUT2D eigenvalue weighted by molar-refractivity contribution is 7.03. The number of carboxylic acid groups (broad SMARTS) is 1. The van der Waals surface area contributed by atoms with Gasteiger partial charge in [0.15, 0.2) is 5.69 Å². The van der Waals surface area contributed by atoms with Crippen LogP contribution < -0.4 is 0 Å². The van der Waals surface area contributed by atoms with Crippen LogP contribution in [0.5, 0.6) is 0 Å². The molecule has 0 bridgehead atoms. The zero-order valence-corrected chi connectivity index (χ0v) is 9.48. The van der Waals surface area contributed by atoms with E-state index in [1.165, 1.54) is 4.90 Å². The fourth-order valence-corrected chi connectivity index (χ4v) is 2.30. The molecule has 1 amide bonds. The Morgan fingerprint density at radius 2 is 2.31 bits per heavy atom. The number of aromatic nitrogens is 2. The Kier molecular flexibility index (Phi) is 2.86. The number of carboxylic acids is 1. The Balaban J connectivity index is 2.09. The molecule has 2 unspecified atom stereocenters. The standard InChI is InChI=1S/C9H11N3O3S/c1-5-2-12(3-6(5)9(14)15)8(13)7-4-16-11-10-7/h4-6H,2-3H2,1H3,(H,14,15). The highest BCUT2D eigenvalue weighted by Crippen LogP contribution is 2.24. The molecule has 0 aromatic carbocycles. The van der Waals surface area contributed by atoms with Gasteiger partial charge in [-0.15, -0.1) is 5.10 Å². The normalized spacial score (nSPS) is 24.7. The van der Waals surface area contributed by atoms with Crippen molar-refractivity contribution in [3.63, 3.8) is 0 Å². The van der Waals surface area contributed by atoms with Gasteiger partial charge in [-0.3, -0.25) is 9.59 Å². The second-order valence-electron chi connectivity index (χ2n) is 3.92. The van der Waals surface area contributed by atoms with Crippen molar-refractivity contribution in [1.29, 1.82) is 0 Å². The molecule has 2 rings (SSSR count). The van der Waals surface area contributed by atoms with Crippen LogP contribution in [0.2, 0.25) is 0 Å². The van der Waals surface area contributed by atoms with Gasteiger partial charge >= 0.3 is 5.97 Å². The van der Waals surface area contributed by atoms with E-state index >= 15 is 0 Å². The van der Waals surface area contributed by atoms with Crippen LogP contribution in [0.3, 0.4) is 0 Å². The molecule has 1 aromatic rings. The van der Waals surface area contributed by atoms with Crippen molar-refractivity contribution < 1.29 is 14.7 Å². The summed E-state index contributed by atoms with van der Waals surface area (Å²) in [6, 6.07) is 0. The monoisotopic (exact) mass is 241 g/mol. The average molecular weight is 241 g/mol. The molecule has 0 aliphatic carbocycles. The first-order valence-electron chi connectivity index (χ1n) is 4.88. The highest BCUT2D eigenvalue weighted by atomic mass is 32.1. The summed E-state index contributed by atoms with van der Waals surface area (Å²) >= 11 is 1.11. The van der Waals surface area contributed by atoms with Gasteiger partial charge < -0.3 is 10.0 Å². The maximum Gasteiger partial charge on any atom is 0.308 e. The summed E-state index contributed by atoms with van der Waals surface area (Å²) in [6.45, 7) is 2.56. The van der Waals surface area contributed by atoms with E-state index in [1.807, 2.05) is 6.92 Å². The lowest BCUT2D eigenvalue weighted by atomic mass is 9.99. The molecule has 7 heteroatoms. The van der Waals surface area contributed by atoms with Crippen molar-refractivity contribution in [3.8, 4) is 0 Å². The molecule has 0 saturated carbocycles. The van der Waals surface area contributed by atoms with Gasteiger partial charge in [0.05, 0.1) is 5.92 Å². The van der Waals surface area contributed by atoms with Crippen LogP contribution in [0.25, 0.3) is 0 Å². The number of carbonyl (C=O) groups excluding carboxylic acids is 1. The van der Waals surface area contributed by atoms with E-state index in [-0.39, 0.29) is 18.4 Å². The molecule has 16 heavy (non-hydrogen) atoms. The molecule has 1 aliphatic heterocycles. The summed E-state index contributed by atoms with van der Waals surface area (Å²) in [5, 5.41) is 14.2. The summed E-state index contributed by atoms with van der Waals surface area (Å²) in [6.07, 6.45) is 0. The zero-order chi connectivity index (χ0) is 11.7. The predicted octanol–water partition coefficient (Wildman–Crippen LogP) is 0.331. The maximum atomic E-state index is 11.9. The minimum atomic E-state index is -0.848. The number of rotatable bonds is 2. The van der Waals surface area contributed by atoms with E-state index in [1.54, 1.807) is 5.38 Å². The van der Waals surface area contributed by atoms with E-state index in [0.29, 0.717) is 12.2 Å². The average Bonchev–Trinajstić information content (AvgIpc) is 2.84. The van der Waals surface area contributed by atoms with Gasteiger partial charge in [0.25, 0.3) is 5.91 Å². The number of amides is 1. The van der Waals surface area contributed by atoms with Crippen LogP contribution >= 0.6 is 11.5 Å². The molecule has 1 saturated heterocycles. The molecular weight excluding hydrogens is 230 g/mol. The lowest BCUT2D eigenvalue weighted by molar-refractivity contribution is -0.142. The zero-order valence-electron chi connectivity index (χ0n) is 8.66. The molecule has 1 aromatic heterocycles. The Labute approximate surface area is 96.0 Å². The van der Waals surface area contributed by atoms with Gasteiger partial charge in [0.2, 0.25) is 0 Å². The van der Waals surface area contributed by atoms with Crippen LogP contribution in [0.15, 0.2) is 5.38 Å². The number of nitrogens with zero attached hydrogens (tertiary/aromatic N) is 3. The first-order valence-corrected chi connectivity index (χ1v) is 5.72. The SMILES string of the molecule is CC1CN(C(=O)c2csnn2)CC1C(=O)O. The van der Waals surface area contributed by atoms with Crippen molar-refractivity contribution in [3.05, 3.63) is 11.1 Å². The first-order chi connectivity index (χ1) is 7.59. The van der Waals surface area contributed by atoms with E-state index in [0.717, 1.165) is 11.5 Å².